The number of ether oxygens (including phenoxy) is 2. The zero-order valence-corrected chi connectivity index (χ0v) is 20.7. The third-order valence-corrected chi connectivity index (χ3v) is 6.48. The summed E-state index contributed by atoms with van der Waals surface area (Å²) in [4.78, 5) is 27.5. The number of carbonyl (C=O) groups excluding carboxylic acids is 2. The van der Waals surface area contributed by atoms with Gasteiger partial charge in [0.25, 0.3) is 11.7 Å². The van der Waals surface area contributed by atoms with Gasteiger partial charge in [-0.1, -0.05) is 52.3 Å². The lowest BCUT2D eigenvalue weighted by atomic mass is 9.95. The molecule has 1 heterocycles. The number of hydrogen-bond acceptors (Lipinski definition) is 5. The first-order chi connectivity index (χ1) is 16.8. The summed E-state index contributed by atoms with van der Waals surface area (Å²) in [6.45, 7) is 0.121. The molecule has 8 heteroatoms. The molecule has 1 fully saturated rings. The van der Waals surface area contributed by atoms with E-state index in [1.807, 2.05) is 6.07 Å². The maximum absolute atomic E-state index is 14.9. The van der Waals surface area contributed by atoms with E-state index in [2.05, 4.69) is 15.9 Å². The van der Waals surface area contributed by atoms with Crippen molar-refractivity contribution in [2.75, 3.05) is 20.8 Å². The second kappa shape index (κ2) is 10.3. The first-order valence-electron chi connectivity index (χ1n) is 10.9. The molecular formula is C27H23BrFNO5. The van der Waals surface area contributed by atoms with Crippen LogP contribution in [0.15, 0.2) is 76.8 Å². The molecule has 0 bridgehead atoms. The fourth-order valence-corrected chi connectivity index (χ4v) is 4.44. The number of hydrogen-bond donors (Lipinski definition) is 1. The molecule has 1 saturated heterocycles. The second-order valence-corrected chi connectivity index (χ2v) is 8.88. The molecule has 0 radical (unpaired) electrons. The fraction of sp³-hybridized carbons (Fsp3) is 0.185. The van der Waals surface area contributed by atoms with Gasteiger partial charge in [0.1, 0.15) is 11.6 Å². The zero-order valence-electron chi connectivity index (χ0n) is 19.1. The summed E-state index contributed by atoms with van der Waals surface area (Å²) in [5.74, 6) is -1.47. The number of carbonyl (C=O) groups is 2. The summed E-state index contributed by atoms with van der Waals surface area (Å²) in [7, 11) is 3.07. The highest BCUT2D eigenvalue weighted by Crippen LogP contribution is 2.40. The Morgan fingerprint density at radius 1 is 1.00 bits per heavy atom. The molecule has 0 spiro atoms. The molecule has 0 unspecified atom stereocenters. The van der Waals surface area contributed by atoms with Crippen molar-refractivity contribution in [3.63, 3.8) is 0 Å². The Morgan fingerprint density at radius 2 is 1.69 bits per heavy atom. The van der Waals surface area contributed by atoms with Crippen LogP contribution in [0.1, 0.15) is 22.7 Å². The number of likely N-dealkylation sites (tertiary alicyclic amines) is 1. The third-order valence-electron chi connectivity index (χ3n) is 5.95. The van der Waals surface area contributed by atoms with Crippen LogP contribution >= 0.6 is 15.9 Å². The highest BCUT2D eigenvalue weighted by atomic mass is 79.9. The van der Waals surface area contributed by atoms with E-state index in [1.54, 1.807) is 42.5 Å². The summed E-state index contributed by atoms with van der Waals surface area (Å²) >= 11 is 3.34. The molecular weight excluding hydrogens is 517 g/mol. The van der Waals surface area contributed by atoms with Crippen molar-refractivity contribution in [1.82, 2.24) is 4.90 Å². The molecule has 0 aliphatic carbocycles. The normalized spacial score (nSPS) is 17.0. The molecule has 3 aromatic carbocycles. The van der Waals surface area contributed by atoms with Crippen molar-refractivity contribution in [3.05, 3.63) is 99.3 Å². The van der Waals surface area contributed by atoms with Crippen molar-refractivity contribution < 1.29 is 28.6 Å². The number of methoxy groups -OCH3 is 2. The van der Waals surface area contributed by atoms with Gasteiger partial charge in [0, 0.05) is 22.1 Å². The van der Waals surface area contributed by atoms with Gasteiger partial charge in [0.05, 0.1) is 25.8 Å². The predicted octanol–water partition coefficient (Wildman–Crippen LogP) is 5.27. The molecule has 1 aliphatic rings. The molecule has 1 N–H and O–H groups in total. The average Bonchev–Trinajstić information content (AvgIpc) is 3.12. The van der Waals surface area contributed by atoms with Crippen molar-refractivity contribution >= 4 is 33.4 Å². The molecule has 3 aromatic rings. The van der Waals surface area contributed by atoms with Crippen LogP contribution in [0.5, 0.6) is 11.5 Å². The van der Waals surface area contributed by atoms with Gasteiger partial charge in [-0.05, 0) is 42.3 Å². The van der Waals surface area contributed by atoms with E-state index in [0.29, 0.717) is 23.5 Å². The number of amides is 1. The minimum Gasteiger partial charge on any atom is -0.507 e. The number of rotatable bonds is 7. The van der Waals surface area contributed by atoms with Crippen LogP contribution in [0.25, 0.3) is 5.76 Å². The van der Waals surface area contributed by atoms with E-state index >= 15 is 0 Å². The SMILES string of the molecule is COc1ccc(CCN2C(=O)C(=O)C(=C(O)c3ccc(Br)cc3)[C@@H]2c2ccccc2F)cc1OC. The smallest absolute Gasteiger partial charge is 0.295 e. The standard InChI is InChI=1S/C27H23BrFNO5/c1-34-21-12-7-16(15-22(21)35-2)13-14-30-24(19-5-3-4-6-20(19)29)23(26(32)27(30)33)25(31)17-8-10-18(28)11-9-17/h3-12,15,24,31H,13-14H2,1-2H3/t24-/m0/s1. The van der Waals surface area contributed by atoms with Crippen LogP contribution in [0, 0.1) is 5.82 Å². The van der Waals surface area contributed by atoms with Crippen molar-refractivity contribution in [1.29, 1.82) is 0 Å². The van der Waals surface area contributed by atoms with Crippen LogP contribution in [-0.2, 0) is 16.0 Å². The van der Waals surface area contributed by atoms with E-state index < -0.39 is 23.5 Å². The van der Waals surface area contributed by atoms with Crippen LogP contribution in [-0.4, -0.2) is 42.5 Å². The first kappa shape index (κ1) is 24.5. The molecule has 1 aliphatic heterocycles. The molecule has 0 saturated carbocycles. The number of aliphatic hydroxyl groups is 1. The molecule has 35 heavy (non-hydrogen) atoms. The quantitative estimate of drug-likeness (QED) is 0.251. The summed E-state index contributed by atoms with van der Waals surface area (Å²) in [5.41, 5.74) is 1.18. The Hall–Kier alpha value is -3.65. The highest BCUT2D eigenvalue weighted by Gasteiger charge is 2.46. The average molecular weight is 540 g/mol. The number of ketones is 1. The molecule has 1 amide bonds. The number of nitrogens with zero attached hydrogens (tertiary/aromatic N) is 1. The van der Waals surface area contributed by atoms with E-state index in [4.69, 9.17) is 9.47 Å². The Labute approximate surface area is 210 Å². The summed E-state index contributed by atoms with van der Waals surface area (Å²) in [5, 5.41) is 11.1. The lowest BCUT2D eigenvalue weighted by molar-refractivity contribution is -0.139. The lowest BCUT2D eigenvalue weighted by Crippen LogP contribution is -2.32. The van der Waals surface area contributed by atoms with E-state index in [9.17, 15) is 19.1 Å². The van der Waals surface area contributed by atoms with Gasteiger partial charge in [-0.2, -0.15) is 0 Å². The van der Waals surface area contributed by atoms with Crippen molar-refractivity contribution in [3.8, 4) is 11.5 Å². The number of aliphatic hydroxyl groups excluding tert-OH is 1. The van der Waals surface area contributed by atoms with Gasteiger partial charge in [0.2, 0.25) is 0 Å². The van der Waals surface area contributed by atoms with Crippen LogP contribution in [0.4, 0.5) is 4.39 Å². The Bertz CT molecular complexity index is 1310. The van der Waals surface area contributed by atoms with E-state index in [1.165, 1.54) is 37.3 Å². The minimum atomic E-state index is -1.07. The van der Waals surface area contributed by atoms with Gasteiger partial charge in [-0.3, -0.25) is 9.59 Å². The Balaban J connectivity index is 1.75. The van der Waals surface area contributed by atoms with Crippen LogP contribution in [0.2, 0.25) is 0 Å². The molecule has 6 nitrogen and oxygen atoms in total. The summed E-state index contributed by atoms with van der Waals surface area (Å²) < 4.78 is 26.3. The second-order valence-electron chi connectivity index (χ2n) is 7.96. The fourth-order valence-electron chi connectivity index (χ4n) is 4.18. The summed E-state index contributed by atoms with van der Waals surface area (Å²) in [6, 6.07) is 16.9. The van der Waals surface area contributed by atoms with Gasteiger partial charge < -0.3 is 19.5 Å². The number of benzene rings is 3. The lowest BCUT2D eigenvalue weighted by Gasteiger charge is -2.26. The molecule has 0 aromatic heterocycles. The number of halogens is 2. The van der Waals surface area contributed by atoms with Crippen molar-refractivity contribution in [2.45, 2.75) is 12.5 Å². The molecule has 4 rings (SSSR count). The first-order valence-corrected chi connectivity index (χ1v) is 11.6. The number of Topliss-reactive ketones (excluding diaryl/α,β-unsaturated/α-hetero) is 1. The van der Waals surface area contributed by atoms with Gasteiger partial charge >= 0.3 is 0 Å². The minimum absolute atomic E-state index is 0.121. The molecule has 180 valence electrons. The predicted molar refractivity (Wildman–Crippen MR) is 133 cm³/mol. The van der Waals surface area contributed by atoms with Crippen molar-refractivity contribution in [2.24, 2.45) is 0 Å². The summed E-state index contributed by atoms with van der Waals surface area (Å²) in [6.07, 6.45) is 0.372. The zero-order chi connectivity index (χ0) is 25.1. The topological polar surface area (TPSA) is 76.1 Å². The molecule has 1 atom stereocenters. The highest BCUT2D eigenvalue weighted by molar-refractivity contribution is 9.10. The van der Waals surface area contributed by atoms with E-state index in [-0.39, 0.29) is 23.4 Å². The monoisotopic (exact) mass is 539 g/mol. The van der Waals surface area contributed by atoms with Crippen LogP contribution in [0.3, 0.4) is 0 Å². The maximum atomic E-state index is 14.9. The largest absolute Gasteiger partial charge is 0.507 e. The Morgan fingerprint density at radius 3 is 2.34 bits per heavy atom. The maximum Gasteiger partial charge on any atom is 0.295 e. The van der Waals surface area contributed by atoms with Gasteiger partial charge in [-0.15, -0.1) is 0 Å². The van der Waals surface area contributed by atoms with Gasteiger partial charge in [-0.25, -0.2) is 4.39 Å². The van der Waals surface area contributed by atoms with E-state index in [0.717, 1.165) is 10.0 Å². The Kier molecular flexibility index (Phi) is 7.21. The third kappa shape index (κ3) is 4.79. The van der Waals surface area contributed by atoms with Crippen LogP contribution < -0.4 is 9.47 Å². The van der Waals surface area contributed by atoms with Gasteiger partial charge in [0.15, 0.2) is 11.5 Å².